The summed E-state index contributed by atoms with van der Waals surface area (Å²) in [5.41, 5.74) is 1.12. The average molecular weight is 469 g/mol. The Morgan fingerprint density at radius 1 is 1.12 bits per heavy atom. The van der Waals surface area contributed by atoms with Crippen LogP contribution in [0.15, 0.2) is 49.2 Å². The van der Waals surface area contributed by atoms with E-state index in [0.29, 0.717) is 6.07 Å². The molecule has 1 aliphatic rings. The van der Waals surface area contributed by atoms with E-state index >= 15 is 0 Å². The molecule has 0 atom stereocenters. The molecule has 7 nitrogen and oxygen atoms in total. The van der Waals surface area contributed by atoms with Crippen molar-refractivity contribution in [2.75, 3.05) is 6.54 Å². The highest BCUT2D eigenvalue weighted by Crippen LogP contribution is 2.33. The number of halogens is 3. The Bertz CT molecular complexity index is 1340. The van der Waals surface area contributed by atoms with Crippen LogP contribution in [-0.4, -0.2) is 36.9 Å². The zero-order valence-electron chi connectivity index (χ0n) is 18.1. The summed E-state index contributed by atoms with van der Waals surface area (Å²) in [4.78, 5) is 16.3. The summed E-state index contributed by atoms with van der Waals surface area (Å²) in [7, 11) is 0. The summed E-state index contributed by atoms with van der Waals surface area (Å²) in [6, 6.07) is 6.80. The van der Waals surface area contributed by atoms with Gasteiger partial charge in [0.1, 0.15) is 0 Å². The molecule has 0 aliphatic heterocycles. The number of nitrogens with zero attached hydrogens (tertiary/aromatic N) is 4. The van der Waals surface area contributed by atoms with E-state index in [1.54, 1.807) is 12.5 Å². The van der Waals surface area contributed by atoms with Crippen LogP contribution in [0.3, 0.4) is 0 Å². The molecule has 0 saturated heterocycles. The first-order chi connectivity index (χ1) is 16.4. The Morgan fingerprint density at radius 3 is 2.65 bits per heavy atom. The van der Waals surface area contributed by atoms with Crippen molar-refractivity contribution in [2.45, 2.75) is 31.7 Å². The number of phenols is 1. The van der Waals surface area contributed by atoms with Crippen LogP contribution in [0.2, 0.25) is 0 Å². The van der Waals surface area contributed by atoms with Crippen molar-refractivity contribution < 1.29 is 23.1 Å². The fraction of sp³-hybridized carbons (Fsp3) is 0.292. The Hall–Kier alpha value is -3.82. The zero-order valence-corrected chi connectivity index (χ0v) is 18.1. The lowest BCUT2D eigenvalue weighted by molar-refractivity contribution is 0.0935. The standard InChI is InChI=1S/C24H22F3N5O2/c25-19-10-18(21(26)22(27)23(19)33)24(34)29-11-14-1-4-16(5-2-14)32-12-15-3-6-17(9-20(15)30-32)31-8-7-28-13-31/h3,6-10,12-14,16,33H,1-2,4-5,11H2,(H,29,34)/t14-,16-. The van der Waals surface area contributed by atoms with Gasteiger partial charge < -0.3 is 15.0 Å². The second kappa shape index (κ2) is 8.85. The molecule has 2 aromatic carbocycles. The van der Waals surface area contributed by atoms with Crippen LogP contribution in [0.1, 0.15) is 42.1 Å². The zero-order chi connectivity index (χ0) is 23.8. The Kier molecular flexibility index (Phi) is 5.72. The molecule has 1 aliphatic carbocycles. The van der Waals surface area contributed by atoms with E-state index in [1.807, 2.05) is 39.8 Å². The van der Waals surface area contributed by atoms with E-state index in [9.17, 15) is 18.0 Å². The lowest BCUT2D eigenvalue weighted by Gasteiger charge is -2.28. The summed E-state index contributed by atoms with van der Waals surface area (Å²) in [6.45, 7) is 0.268. The predicted molar refractivity (Wildman–Crippen MR) is 118 cm³/mol. The van der Waals surface area contributed by atoms with E-state index in [0.717, 1.165) is 42.3 Å². The average Bonchev–Trinajstić information content (AvgIpc) is 3.53. The number of nitrogens with one attached hydrogen (secondary N) is 1. The van der Waals surface area contributed by atoms with Crippen LogP contribution in [0.25, 0.3) is 16.6 Å². The predicted octanol–water partition coefficient (Wildman–Crippen LogP) is 4.51. The van der Waals surface area contributed by atoms with Crippen molar-refractivity contribution in [3.63, 3.8) is 0 Å². The summed E-state index contributed by atoms with van der Waals surface area (Å²) in [6.07, 6.45) is 10.7. The molecule has 2 N–H and O–H groups in total. The van der Waals surface area contributed by atoms with Crippen LogP contribution in [0.5, 0.6) is 5.75 Å². The molecule has 4 aromatic rings. The van der Waals surface area contributed by atoms with Gasteiger partial charge in [0.05, 0.1) is 23.4 Å². The Balaban J connectivity index is 1.19. The number of rotatable bonds is 5. The summed E-state index contributed by atoms with van der Waals surface area (Å²) in [5, 5.41) is 17.5. The SMILES string of the molecule is O=C(NC[C@H]1CC[C@H](n2cc3ccc(-n4ccnc4)cc3n2)CC1)c1cc(F)c(O)c(F)c1F. The molecule has 34 heavy (non-hydrogen) atoms. The second-order valence-electron chi connectivity index (χ2n) is 8.59. The third kappa shape index (κ3) is 4.11. The maximum Gasteiger partial charge on any atom is 0.254 e. The molecular formula is C24H22F3N5O2. The molecule has 176 valence electrons. The lowest BCUT2D eigenvalue weighted by atomic mass is 9.86. The van der Waals surface area contributed by atoms with E-state index in [4.69, 9.17) is 10.2 Å². The molecule has 5 rings (SSSR count). The third-order valence-electron chi connectivity index (χ3n) is 6.43. The number of hydrogen-bond acceptors (Lipinski definition) is 4. The van der Waals surface area contributed by atoms with Crippen molar-refractivity contribution in [1.29, 1.82) is 0 Å². The number of aromatic hydroxyl groups is 1. The van der Waals surface area contributed by atoms with Gasteiger partial charge in [0, 0.05) is 36.2 Å². The summed E-state index contributed by atoms with van der Waals surface area (Å²) in [5.74, 6) is -6.90. The first-order valence-corrected chi connectivity index (χ1v) is 11.0. The molecule has 0 radical (unpaired) electrons. The number of aromatic nitrogens is 4. The van der Waals surface area contributed by atoms with Crippen LogP contribution >= 0.6 is 0 Å². The van der Waals surface area contributed by atoms with E-state index in [1.165, 1.54) is 0 Å². The number of fused-ring (bicyclic) bond motifs is 1. The van der Waals surface area contributed by atoms with Crippen molar-refractivity contribution in [1.82, 2.24) is 24.6 Å². The Morgan fingerprint density at radius 2 is 1.91 bits per heavy atom. The van der Waals surface area contributed by atoms with Crippen molar-refractivity contribution in [3.05, 3.63) is 72.2 Å². The number of carbonyl (C=O) groups excluding carboxylic acids is 1. The van der Waals surface area contributed by atoms with Crippen LogP contribution in [0, 0.1) is 23.4 Å². The van der Waals surface area contributed by atoms with Crippen LogP contribution < -0.4 is 5.32 Å². The maximum absolute atomic E-state index is 13.9. The molecule has 1 saturated carbocycles. The molecule has 2 aromatic heterocycles. The first kappa shape index (κ1) is 22.0. The third-order valence-corrected chi connectivity index (χ3v) is 6.43. The summed E-state index contributed by atoms with van der Waals surface area (Å²) >= 11 is 0. The highest BCUT2D eigenvalue weighted by Gasteiger charge is 2.26. The van der Waals surface area contributed by atoms with Gasteiger partial charge in [-0.15, -0.1) is 0 Å². The number of imidazole rings is 1. The molecule has 1 amide bonds. The van der Waals surface area contributed by atoms with E-state index in [-0.39, 0.29) is 18.5 Å². The minimum Gasteiger partial charge on any atom is -0.503 e. The van der Waals surface area contributed by atoms with Gasteiger partial charge in [-0.05, 0) is 55.9 Å². The Labute approximate surface area is 192 Å². The normalized spacial score (nSPS) is 18.3. The topological polar surface area (TPSA) is 85.0 Å². The maximum atomic E-state index is 13.9. The molecule has 1 fully saturated rings. The van der Waals surface area contributed by atoms with Gasteiger partial charge >= 0.3 is 0 Å². The van der Waals surface area contributed by atoms with E-state index < -0.39 is 34.7 Å². The highest BCUT2D eigenvalue weighted by molar-refractivity contribution is 5.94. The minimum atomic E-state index is -1.77. The molecule has 0 spiro atoms. The number of benzene rings is 2. The number of carbonyl (C=O) groups is 1. The molecule has 0 unspecified atom stereocenters. The molecule has 2 heterocycles. The second-order valence-corrected chi connectivity index (χ2v) is 8.59. The van der Waals surface area contributed by atoms with Crippen molar-refractivity contribution in [3.8, 4) is 11.4 Å². The fourth-order valence-corrected chi connectivity index (χ4v) is 4.48. The molecular weight excluding hydrogens is 447 g/mol. The quantitative estimate of drug-likeness (QED) is 0.422. The monoisotopic (exact) mass is 469 g/mol. The van der Waals surface area contributed by atoms with Gasteiger partial charge in [-0.1, -0.05) is 0 Å². The van der Waals surface area contributed by atoms with E-state index in [2.05, 4.69) is 10.3 Å². The van der Waals surface area contributed by atoms with Gasteiger partial charge in [-0.3, -0.25) is 9.48 Å². The smallest absolute Gasteiger partial charge is 0.254 e. The van der Waals surface area contributed by atoms with Gasteiger partial charge in [0.15, 0.2) is 17.4 Å². The number of hydrogen-bond donors (Lipinski definition) is 2. The number of amides is 1. The fourth-order valence-electron chi connectivity index (χ4n) is 4.48. The lowest BCUT2D eigenvalue weighted by Crippen LogP contribution is -2.32. The van der Waals surface area contributed by atoms with Gasteiger partial charge in [-0.25, -0.2) is 13.8 Å². The summed E-state index contributed by atoms with van der Waals surface area (Å²) < 4.78 is 44.9. The molecule has 0 bridgehead atoms. The van der Waals surface area contributed by atoms with Gasteiger partial charge in [0.2, 0.25) is 5.82 Å². The van der Waals surface area contributed by atoms with Crippen LogP contribution in [-0.2, 0) is 0 Å². The van der Waals surface area contributed by atoms with Gasteiger partial charge in [-0.2, -0.15) is 9.49 Å². The van der Waals surface area contributed by atoms with Crippen molar-refractivity contribution >= 4 is 16.8 Å². The molecule has 10 heteroatoms. The highest BCUT2D eigenvalue weighted by atomic mass is 19.2. The largest absolute Gasteiger partial charge is 0.503 e. The van der Waals surface area contributed by atoms with Crippen LogP contribution in [0.4, 0.5) is 13.2 Å². The number of phenolic OH excluding ortho intramolecular Hbond substituents is 1. The van der Waals surface area contributed by atoms with Crippen molar-refractivity contribution in [2.24, 2.45) is 5.92 Å². The first-order valence-electron chi connectivity index (χ1n) is 11.0. The minimum absolute atomic E-state index is 0.160. The van der Waals surface area contributed by atoms with Gasteiger partial charge in [0.25, 0.3) is 5.91 Å².